The average molecular weight is 246 g/mol. The van der Waals surface area contributed by atoms with Gasteiger partial charge in [-0.1, -0.05) is 6.07 Å². The number of ether oxygens (including phenoxy) is 1. The third kappa shape index (κ3) is 3.18. The van der Waals surface area contributed by atoms with Crippen molar-refractivity contribution in [2.24, 2.45) is 5.73 Å². The molecule has 0 bridgehead atoms. The molecule has 4 nitrogen and oxygen atoms in total. The summed E-state index contributed by atoms with van der Waals surface area (Å²) in [5, 5.41) is 10.1. The van der Waals surface area contributed by atoms with Crippen molar-refractivity contribution in [1.82, 2.24) is 4.98 Å². The first kappa shape index (κ1) is 12.8. The molecule has 0 aliphatic heterocycles. The first-order valence-corrected chi connectivity index (χ1v) is 5.98. The number of aliphatic hydroxyl groups excluding tert-OH is 1. The zero-order chi connectivity index (χ0) is 13.0. The number of aliphatic hydroxyl groups is 1. The monoisotopic (exact) mass is 246 g/mol. The highest BCUT2D eigenvalue weighted by Crippen LogP contribution is 2.19. The smallest absolute Gasteiger partial charge is 0.121 e. The third-order valence-corrected chi connectivity index (χ3v) is 2.88. The van der Waals surface area contributed by atoms with Crippen molar-refractivity contribution < 1.29 is 9.84 Å². The van der Waals surface area contributed by atoms with Crippen LogP contribution in [0.25, 0.3) is 10.9 Å². The molecule has 0 aliphatic rings. The fraction of sp³-hybridized carbons (Fsp3) is 0.357. The molecule has 1 heterocycles. The molecule has 0 aliphatic carbocycles. The molecule has 0 radical (unpaired) electrons. The highest BCUT2D eigenvalue weighted by Gasteiger charge is 2.16. The quantitative estimate of drug-likeness (QED) is 0.842. The van der Waals surface area contributed by atoms with Gasteiger partial charge in [0, 0.05) is 29.6 Å². The summed E-state index contributed by atoms with van der Waals surface area (Å²) in [6.07, 6.45) is 2.36. The summed E-state index contributed by atoms with van der Waals surface area (Å²) in [6.45, 7) is 2.24. The van der Waals surface area contributed by atoms with Gasteiger partial charge in [0.25, 0.3) is 0 Å². The van der Waals surface area contributed by atoms with Gasteiger partial charge in [-0.3, -0.25) is 4.98 Å². The molecule has 2 rings (SSSR count). The zero-order valence-corrected chi connectivity index (χ0v) is 10.5. The van der Waals surface area contributed by atoms with Crippen LogP contribution in [-0.2, 0) is 0 Å². The molecular formula is C14H18N2O2. The number of fused-ring (bicyclic) bond motifs is 1. The molecule has 0 saturated heterocycles. The summed E-state index contributed by atoms with van der Waals surface area (Å²) in [5.41, 5.74) is 6.15. The molecule has 1 unspecified atom stereocenters. The fourth-order valence-corrected chi connectivity index (χ4v) is 1.62. The van der Waals surface area contributed by atoms with Crippen LogP contribution in [0.2, 0.25) is 0 Å². The summed E-state index contributed by atoms with van der Waals surface area (Å²) in [5.74, 6) is 0.773. The van der Waals surface area contributed by atoms with Crippen molar-refractivity contribution in [3.63, 3.8) is 0 Å². The second-order valence-corrected chi connectivity index (χ2v) is 4.77. The second kappa shape index (κ2) is 5.33. The van der Waals surface area contributed by atoms with Crippen LogP contribution in [0.1, 0.15) is 13.3 Å². The molecule has 2 aromatic rings. The number of aromatic nitrogens is 1. The molecule has 1 atom stereocenters. The van der Waals surface area contributed by atoms with Crippen molar-refractivity contribution in [1.29, 1.82) is 0 Å². The Morgan fingerprint density at radius 3 is 3.00 bits per heavy atom. The minimum absolute atomic E-state index is 0.0460. The topological polar surface area (TPSA) is 68.4 Å². The van der Waals surface area contributed by atoms with Gasteiger partial charge in [-0.25, -0.2) is 0 Å². The van der Waals surface area contributed by atoms with Crippen molar-refractivity contribution >= 4 is 10.9 Å². The van der Waals surface area contributed by atoms with Crippen LogP contribution in [-0.4, -0.2) is 28.8 Å². The molecule has 0 saturated carbocycles. The van der Waals surface area contributed by atoms with Crippen molar-refractivity contribution in [2.45, 2.75) is 18.9 Å². The van der Waals surface area contributed by atoms with Crippen LogP contribution >= 0.6 is 0 Å². The molecular weight excluding hydrogens is 228 g/mol. The number of hydrogen-bond donors (Lipinski definition) is 2. The average Bonchev–Trinajstić information content (AvgIpc) is 2.38. The van der Waals surface area contributed by atoms with Crippen LogP contribution in [0.3, 0.4) is 0 Å². The summed E-state index contributed by atoms with van der Waals surface area (Å²) in [4.78, 5) is 4.27. The van der Waals surface area contributed by atoms with Crippen molar-refractivity contribution in [3.8, 4) is 5.75 Å². The van der Waals surface area contributed by atoms with Gasteiger partial charge < -0.3 is 15.6 Å². The Morgan fingerprint density at radius 2 is 2.22 bits per heavy atom. The van der Waals surface area contributed by atoms with Gasteiger partial charge >= 0.3 is 0 Å². The lowest BCUT2D eigenvalue weighted by atomic mass is 10.0. The van der Waals surface area contributed by atoms with Gasteiger partial charge in [0.15, 0.2) is 0 Å². The number of benzene rings is 1. The number of hydrogen-bond acceptors (Lipinski definition) is 4. The van der Waals surface area contributed by atoms with E-state index in [0.29, 0.717) is 13.0 Å². The Bertz CT molecular complexity index is 526. The van der Waals surface area contributed by atoms with E-state index >= 15 is 0 Å². The highest BCUT2D eigenvalue weighted by molar-refractivity contribution is 5.79. The van der Waals surface area contributed by atoms with E-state index < -0.39 is 5.54 Å². The maximum Gasteiger partial charge on any atom is 0.121 e. The van der Waals surface area contributed by atoms with E-state index in [2.05, 4.69) is 4.98 Å². The zero-order valence-electron chi connectivity index (χ0n) is 10.5. The maximum absolute atomic E-state index is 9.04. The third-order valence-electron chi connectivity index (χ3n) is 2.88. The first-order valence-electron chi connectivity index (χ1n) is 5.98. The van der Waals surface area contributed by atoms with Crippen LogP contribution in [0.5, 0.6) is 5.75 Å². The van der Waals surface area contributed by atoms with E-state index in [1.165, 1.54) is 0 Å². The first-order chi connectivity index (χ1) is 8.61. The number of rotatable bonds is 5. The van der Waals surface area contributed by atoms with Gasteiger partial charge in [-0.15, -0.1) is 0 Å². The number of nitrogens with zero attached hydrogens (tertiary/aromatic N) is 1. The number of nitrogens with two attached hydrogens (primary N) is 1. The fourth-order valence-electron chi connectivity index (χ4n) is 1.62. The Hall–Kier alpha value is -1.65. The molecule has 0 fully saturated rings. The van der Waals surface area contributed by atoms with Crippen LogP contribution in [0.4, 0.5) is 0 Å². The Kier molecular flexibility index (Phi) is 3.79. The van der Waals surface area contributed by atoms with Gasteiger partial charge in [0.1, 0.15) is 5.75 Å². The standard InChI is InChI=1S/C14H18N2O2/c1-14(15,10-17)6-8-18-12-5-4-11-3-2-7-16-13(11)9-12/h2-5,7,9,17H,6,8,10,15H2,1H3. The van der Waals surface area contributed by atoms with Crippen molar-refractivity contribution in [3.05, 3.63) is 36.5 Å². The lowest BCUT2D eigenvalue weighted by molar-refractivity contribution is 0.175. The van der Waals surface area contributed by atoms with E-state index in [-0.39, 0.29) is 6.61 Å². The van der Waals surface area contributed by atoms with Gasteiger partial charge in [0.2, 0.25) is 0 Å². The molecule has 0 spiro atoms. The van der Waals surface area contributed by atoms with Crippen LogP contribution < -0.4 is 10.5 Å². The number of pyridine rings is 1. The largest absolute Gasteiger partial charge is 0.493 e. The van der Waals surface area contributed by atoms with E-state index in [9.17, 15) is 0 Å². The summed E-state index contributed by atoms with van der Waals surface area (Å²) in [6, 6.07) is 9.71. The highest BCUT2D eigenvalue weighted by atomic mass is 16.5. The normalized spacial score (nSPS) is 14.4. The Morgan fingerprint density at radius 1 is 1.39 bits per heavy atom. The minimum atomic E-state index is -0.588. The molecule has 1 aromatic heterocycles. The van der Waals surface area contributed by atoms with Gasteiger partial charge in [0.05, 0.1) is 18.7 Å². The van der Waals surface area contributed by atoms with E-state index in [1.807, 2.05) is 30.3 Å². The van der Waals surface area contributed by atoms with Crippen molar-refractivity contribution in [2.75, 3.05) is 13.2 Å². The van der Waals surface area contributed by atoms with E-state index in [1.54, 1.807) is 13.1 Å². The molecule has 0 amide bonds. The van der Waals surface area contributed by atoms with Gasteiger partial charge in [-0.2, -0.15) is 0 Å². The molecule has 4 heteroatoms. The molecule has 3 N–H and O–H groups in total. The summed E-state index contributed by atoms with van der Waals surface area (Å²) >= 11 is 0. The summed E-state index contributed by atoms with van der Waals surface area (Å²) < 4.78 is 5.62. The molecule has 1 aromatic carbocycles. The lowest BCUT2D eigenvalue weighted by Gasteiger charge is -2.21. The second-order valence-electron chi connectivity index (χ2n) is 4.77. The summed E-state index contributed by atoms with van der Waals surface area (Å²) in [7, 11) is 0. The van der Waals surface area contributed by atoms with E-state index in [4.69, 9.17) is 15.6 Å². The predicted molar refractivity (Wildman–Crippen MR) is 71.5 cm³/mol. The Labute approximate surface area is 106 Å². The Balaban J connectivity index is 2.00. The SMILES string of the molecule is CC(N)(CO)CCOc1ccc2cccnc2c1. The van der Waals surface area contributed by atoms with Crippen LogP contribution in [0.15, 0.2) is 36.5 Å². The maximum atomic E-state index is 9.04. The molecule has 96 valence electrons. The molecule has 18 heavy (non-hydrogen) atoms. The predicted octanol–water partition coefficient (Wildman–Crippen LogP) is 1.71. The van der Waals surface area contributed by atoms with E-state index in [0.717, 1.165) is 16.7 Å². The minimum Gasteiger partial charge on any atom is -0.493 e. The van der Waals surface area contributed by atoms with Gasteiger partial charge in [-0.05, 0) is 25.1 Å². The van der Waals surface area contributed by atoms with Crippen LogP contribution in [0, 0.1) is 0 Å². The lowest BCUT2D eigenvalue weighted by Crippen LogP contribution is -2.41.